The largest absolute Gasteiger partial charge is 0.497 e. The first-order chi connectivity index (χ1) is 14.3. The average molecular weight is 450 g/mol. The summed E-state index contributed by atoms with van der Waals surface area (Å²) in [6, 6.07) is 10.6. The lowest BCUT2D eigenvalue weighted by atomic mass is 10.1. The molecule has 0 aliphatic carbocycles. The highest BCUT2D eigenvalue weighted by atomic mass is 32.2. The molecule has 0 aromatic heterocycles. The Bertz CT molecular complexity index is 921. The highest BCUT2D eigenvalue weighted by Gasteiger charge is 2.19. The van der Waals surface area contributed by atoms with E-state index in [0.717, 1.165) is 25.5 Å². The van der Waals surface area contributed by atoms with Crippen LogP contribution in [0.1, 0.15) is 11.1 Å². The standard InChI is InChI=1S/C20H27N5O3S2/c1-13-7-6-8-17(25(22)20(26)24(2)21)15(13)12-30-19(29-5)23-16-10-9-14(27-3)11-18(16)28-4/h6-11H,12,21-22H2,1-5H3. The second kappa shape index (κ2) is 11.1. The summed E-state index contributed by atoms with van der Waals surface area (Å²) >= 11 is 3.08. The summed E-state index contributed by atoms with van der Waals surface area (Å²) in [6.07, 6.45) is 1.96. The highest BCUT2D eigenvalue weighted by Crippen LogP contribution is 2.35. The van der Waals surface area contributed by atoms with E-state index in [1.54, 1.807) is 38.1 Å². The third-order valence-corrected chi connectivity index (χ3v) is 6.33. The Morgan fingerprint density at radius 3 is 2.50 bits per heavy atom. The van der Waals surface area contributed by atoms with Gasteiger partial charge in [-0.1, -0.05) is 23.9 Å². The second-order valence-corrected chi connectivity index (χ2v) is 8.26. The minimum Gasteiger partial charge on any atom is -0.497 e. The normalized spacial score (nSPS) is 11.2. The fourth-order valence-corrected chi connectivity index (χ4v) is 4.26. The van der Waals surface area contributed by atoms with Crippen molar-refractivity contribution in [3.63, 3.8) is 0 Å². The quantitative estimate of drug-likeness (QED) is 0.226. The molecule has 2 aromatic carbocycles. The zero-order chi connectivity index (χ0) is 22.3. The number of hydrogen-bond acceptors (Lipinski definition) is 8. The maximum atomic E-state index is 12.2. The van der Waals surface area contributed by atoms with Crippen LogP contribution in [0.4, 0.5) is 16.2 Å². The first-order valence-corrected chi connectivity index (χ1v) is 11.2. The van der Waals surface area contributed by atoms with Crippen LogP contribution in [-0.2, 0) is 5.75 Å². The number of nitrogens with two attached hydrogens (primary N) is 2. The second-order valence-electron chi connectivity index (χ2n) is 6.24. The van der Waals surface area contributed by atoms with E-state index < -0.39 is 6.03 Å². The van der Waals surface area contributed by atoms with E-state index in [1.165, 1.54) is 18.8 Å². The number of aryl methyl sites for hydroxylation is 1. The lowest BCUT2D eigenvalue weighted by molar-refractivity contribution is 0.216. The molecule has 4 N–H and O–H groups in total. The fourth-order valence-electron chi connectivity index (χ4n) is 2.62. The van der Waals surface area contributed by atoms with Crippen molar-refractivity contribution in [2.24, 2.45) is 16.7 Å². The minimum absolute atomic E-state index is 0.506. The molecular weight excluding hydrogens is 422 g/mol. The topological polar surface area (TPSA) is 106 Å². The molecule has 0 heterocycles. The van der Waals surface area contributed by atoms with Crippen molar-refractivity contribution in [2.75, 3.05) is 32.5 Å². The number of urea groups is 1. The van der Waals surface area contributed by atoms with Crippen LogP contribution in [0.15, 0.2) is 41.4 Å². The molecule has 0 saturated carbocycles. The molecule has 0 fully saturated rings. The van der Waals surface area contributed by atoms with E-state index in [9.17, 15) is 4.79 Å². The number of aliphatic imine (C=N–C) groups is 1. The summed E-state index contributed by atoms with van der Waals surface area (Å²) in [7, 11) is 4.66. The van der Waals surface area contributed by atoms with Gasteiger partial charge in [-0.25, -0.2) is 26.5 Å². The molecule has 0 spiro atoms. The SMILES string of the molecule is COc1ccc(N=C(SC)SCc2c(C)cccc2N(N)C(=O)N(C)N)c(OC)c1. The van der Waals surface area contributed by atoms with Gasteiger partial charge in [0.1, 0.15) is 21.6 Å². The number of hydrogen-bond donors (Lipinski definition) is 2. The van der Waals surface area contributed by atoms with Crippen LogP contribution in [0, 0.1) is 6.92 Å². The maximum absolute atomic E-state index is 12.2. The van der Waals surface area contributed by atoms with Gasteiger partial charge in [0.15, 0.2) is 0 Å². The number of anilines is 1. The number of carbonyl (C=O) groups is 1. The van der Waals surface area contributed by atoms with Crippen molar-refractivity contribution < 1.29 is 14.3 Å². The molecule has 2 aromatic rings. The lowest BCUT2D eigenvalue weighted by Gasteiger charge is -2.24. The third-order valence-electron chi connectivity index (χ3n) is 4.27. The Balaban J connectivity index is 2.29. The van der Waals surface area contributed by atoms with Gasteiger partial charge in [0.05, 0.1) is 19.9 Å². The van der Waals surface area contributed by atoms with Gasteiger partial charge in [0.25, 0.3) is 0 Å². The first kappa shape index (κ1) is 23.9. The van der Waals surface area contributed by atoms with Crippen LogP contribution in [0.2, 0.25) is 0 Å². The predicted molar refractivity (Wildman–Crippen MR) is 127 cm³/mol. The van der Waals surface area contributed by atoms with E-state index in [4.69, 9.17) is 26.2 Å². The predicted octanol–water partition coefficient (Wildman–Crippen LogP) is 3.90. The van der Waals surface area contributed by atoms with Crippen molar-refractivity contribution in [1.29, 1.82) is 0 Å². The average Bonchev–Trinajstić information content (AvgIpc) is 2.75. The molecule has 0 aliphatic heterocycles. The van der Waals surface area contributed by atoms with Gasteiger partial charge in [-0.2, -0.15) is 0 Å². The zero-order valence-corrected chi connectivity index (χ0v) is 19.3. The molecule has 0 saturated heterocycles. The molecule has 30 heavy (non-hydrogen) atoms. The van der Waals surface area contributed by atoms with E-state index >= 15 is 0 Å². The molecule has 10 heteroatoms. The number of methoxy groups -OCH3 is 2. The first-order valence-electron chi connectivity index (χ1n) is 8.95. The maximum Gasteiger partial charge on any atom is 0.352 e. The number of nitrogens with zero attached hydrogens (tertiary/aromatic N) is 3. The molecular formula is C20H27N5O3S2. The van der Waals surface area contributed by atoms with Gasteiger partial charge in [-0.05, 0) is 42.5 Å². The van der Waals surface area contributed by atoms with Gasteiger partial charge in [-0.15, -0.1) is 11.8 Å². The number of hydrazine groups is 2. The van der Waals surface area contributed by atoms with Crippen LogP contribution in [-0.4, -0.2) is 42.9 Å². The van der Waals surface area contributed by atoms with E-state index in [0.29, 0.717) is 28.6 Å². The van der Waals surface area contributed by atoms with Crippen molar-refractivity contribution in [3.8, 4) is 11.5 Å². The molecule has 0 radical (unpaired) electrons. The van der Waals surface area contributed by atoms with Gasteiger partial charge >= 0.3 is 6.03 Å². The van der Waals surface area contributed by atoms with Crippen LogP contribution in [0.3, 0.4) is 0 Å². The Kier molecular flexibility index (Phi) is 8.85. The number of rotatable bonds is 6. The van der Waals surface area contributed by atoms with E-state index in [-0.39, 0.29) is 0 Å². The smallest absolute Gasteiger partial charge is 0.352 e. The summed E-state index contributed by atoms with van der Waals surface area (Å²) < 4.78 is 11.5. The Morgan fingerprint density at radius 2 is 1.90 bits per heavy atom. The monoisotopic (exact) mass is 449 g/mol. The van der Waals surface area contributed by atoms with E-state index in [1.807, 2.05) is 37.4 Å². The number of amides is 2. The Hall–Kier alpha value is -2.40. The number of ether oxygens (including phenoxy) is 2. The molecule has 2 amide bonds. The van der Waals surface area contributed by atoms with Gasteiger partial charge in [-0.3, -0.25) is 5.01 Å². The molecule has 8 nitrogen and oxygen atoms in total. The van der Waals surface area contributed by atoms with Gasteiger partial charge < -0.3 is 9.47 Å². The van der Waals surface area contributed by atoms with Crippen molar-refractivity contribution in [1.82, 2.24) is 5.01 Å². The molecule has 0 bridgehead atoms. The van der Waals surface area contributed by atoms with Crippen molar-refractivity contribution in [3.05, 3.63) is 47.5 Å². The highest BCUT2D eigenvalue weighted by molar-refractivity contribution is 8.38. The van der Waals surface area contributed by atoms with Crippen LogP contribution >= 0.6 is 23.5 Å². The third kappa shape index (κ3) is 5.82. The Labute approximate surface area is 185 Å². The number of carbonyl (C=O) groups excluding carboxylic acids is 1. The summed E-state index contributed by atoms with van der Waals surface area (Å²) in [6.45, 7) is 1.98. The molecule has 0 atom stereocenters. The molecule has 0 aliphatic rings. The van der Waals surface area contributed by atoms with Crippen LogP contribution < -0.4 is 26.2 Å². The van der Waals surface area contributed by atoms with Crippen molar-refractivity contribution >= 4 is 45.3 Å². The number of thioether (sulfide) groups is 2. The molecule has 0 unspecified atom stereocenters. The number of benzene rings is 2. The summed E-state index contributed by atoms with van der Waals surface area (Å²) in [5, 5.41) is 2.01. The summed E-state index contributed by atoms with van der Waals surface area (Å²) in [4.78, 5) is 16.9. The summed E-state index contributed by atoms with van der Waals surface area (Å²) in [5.41, 5.74) is 3.27. The zero-order valence-electron chi connectivity index (χ0n) is 17.7. The van der Waals surface area contributed by atoms with Crippen LogP contribution in [0.25, 0.3) is 0 Å². The Morgan fingerprint density at radius 1 is 1.17 bits per heavy atom. The molecule has 2 rings (SSSR count). The van der Waals surface area contributed by atoms with Crippen molar-refractivity contribution in [2.45, 2.75) is 12.7 Å². The van der Waals surface area contributed by atoms with Gasteiger partial charge in [0, 0.05) is 18.9 Å². The van der Waals surface area contributed by atoms with Gasteiger partial charge in [0.2, 0.25) is 0 Å². The van der Waals surface area contributed by atoms with E-state index in [2.05, 4.69) is 0 Å². The van der Waals surface area contributed by atoms with Crippen LogP contribution in [0.5, 0.6) is 11.5 Å². The lowest BCUT2D eigenvalue weighted by Crippen LogP contribution is -2.49. The fraction of sp³-hybridized carbons (Fsp3) is 0.300. The minimum atomic E-state index is -0.506. The summed E-state index contributed by atoms with van der Waals surface area (Å²) in [5.74, 6) is 13.5. The molecule has 162 valence electrons.